The normalized spacial score (nSPS) is 13.4. The first-order valence-electron chi connectivity index (χ1n) is 10.0. The lowest BCUT2D eigenvalue weighted by atomic mass is 10.0. The number of nitrogens with one attached hydrogen (secondary N) is 3. The quantitative estimate of drug-likeness (QED) is 0.277. The highest BCUT2D eigenvalue weighted by Crippen LogP contribution is 2.30. The highest BCUT2D eigenvalue weighted by molar-refractivity contribution is 7.93. The molecule has 0 heterocycles. The SMILES string of the molecule is COc1ccc(S(=O)(=O)[C@](Cc2ccccc2)(NC(=O)O)C(=O)CNNCC(C)C)cc1. The monoisotopic (exact) mass is 463 g/mol. The number of carboxylic acid groups (broad SMARTS) is 1. The van der Waals surface area contributed by atoms with E-state index in [-0.39, 0.29) is 17.2 Å². The molecule has 0 radical (unpaired) electrons. The van der Waals surface area contributed by atoms with E-state index in [0.717, 1.165) is 0 Å². The third-order valence-electron chi connectivity index (χ3n) is 4.77. The van der Waals surface area contributed by atoms with Crippen molar-refractivity contribution >= 4 is 21.7 Å². The smallest absolute Gasteiger partial charge is 0.406 e. The van der Waals surface area contributed by atoms with Crippen LogP contribution in [0.2, 0.25) is 0 Å². The van der Waals surface area contributed by atoms with Gasteiger partial charge in [-0.2, -0.15) is 0 Å². The number of hydrogen-bond donors (Lipinski definition) is 4. The number of carbonyl (C=O) groups excluding carboxylic acids is 1. The van der Waals surface area contributed by atoms with Crippen LogP contribution >= 0.6 is 0 Å². The van der Waals surface area contributed by atoms with Crippen molar-refractivity contribution in [1.29, 1.82) is 0 Å². The number of carbonyl (C=O) groups is 2. The van der Waals surface area contributed by atoms with Crippen LogP contribution in [0.1, 0.15) is 19.4 Å². The van der Waals surface area contributed by atoms with Gasteiger partial charge in [0, 0.05) is 13.0 Å². The first kappa shape index (κ1) is 25.3. The van der Waals surface area contributed by atoms with Crippen LogP contribution in [0.3, 0.4) is 0 Å². The lowest BCUT2D eigenvalue weighted by Gasteiger charge is -2.32. The molecule has 0 fully saturated rings. The Balaban J connectivity index is 2.54. The second kappa shape index (κ2) is 11.1. The number of benzene rings is 2. The molecule has 9 nitrogen and oxygen atoms in total. The lowest BCUT2D eigenvalue weighted by molar-refractivity contribution is -0.121. The molecule has 0 aliphatic carbocycles. The molecule has 2 rings (SSSR count). The second-order valence-electron chi connectivity index (χ2n) is 7.65. The first-order chi connectivity index (χ1) is 15.1. The van der Waals surface area contributed by atoms with Crippen molar-refractivity contribution in [3.63, 3.8) is 0 Å². The molecule has 0 bridgehead atoms. The fourth-order valence-electron chi connectivity index (χ4n) is 3.10. The van der Waals surface area contributed by atoms with Crippen LogP contribution in [0.5, 0.6) is 5.75 Å². The van der Waals surface area contributed by atoms with Crippen LogP contribution in [0.25, 0.3) is 0 Å². The van der Waals surface area contributed by atoms with Crippen LogP contribution in [0.15, 0.2) is 59.5 Å². The summed E-state index contributed by atoms with van der Waals surface area (Å²) in [7, 11) is -3.06. The van der Waals surface area contributed by atoms with Gasteiger partial charge in [0.1, 0.15) is 5.75 Å². The van der Waals surface area contributed by atoms with Crippen LogP contribution in [-0.4, -0.2) is 50.5 Å². The molecule has 0 aliphatic heterocycles. The van der Waals surface area contributed by atoms with E-state index in [4.69, 9.17) is 4.74 Å². The fraction of sp³-hybridized carbons (Fsp3) is 0.364. The molecule has 0 saturated carbocycles. The number of ketones is 1. The molecule has 10 heteroatoms. The molecule has 0 aromatic heterocycles. The summed E-state index contributed by atoms with van der Waals surface area (Å²) in [6.07, 6.45) is -2.00. The molecule has 0 saturated heterocycles. The number of sulfone groups is 1. The predicted octanol–water partition coefficient (Wildman–Crippen LogP) is 1.99. The number of hydrogen-bond acceptors (Lipinski definition) is 7. The van der Waals surface area contributed by atoms with Crippen molar-refractivity contribution in [2.75, 3.05) is 20.2 Å². The molecule has 0 aliphatic rings. The molecule has 2 aromatic carbocycles. The number of Topliss-reactive ketones (excluding diaryl/α,β-unsaturated/α-hetero) is 1. The standard InChI is InChI=1S/C22H29N3O6S/c1-16(2)14-23-24-15-20(26)22(25-21(27)28,13-17-7-5-4-6-8-17)32(29,30)19-11-9-18(31-3)10-12-19/h4-12,16,23-25H,13-15H2,1-3H3,(H,27,28)/t22-/m0/s1. The number of rotatable bonds is 12. The third-order valence-corrected chi connectivity index (χ3v) is 7.05. The first-order valence-corrected chi connectivity index (χ1v) is 11.5. The van der Waals surface area contributed by atoms with E-state index in [1.807, 2.05) is 19.2 Å². The fourth-order valence-corrected chi connectivity index (χ4v) is 4.95. The summed E-state index contributed by atoms with van der Waals surface area (Å²) in [4.78, 5) is 22.4. The van der Waals surface area contributed by atoms with Gasteiger partial charge >= 0.3 is 6.09 Å². The van der Waals surface area contributed by atoms with Crippen molar-refractivity contribution in [3.8, 4) is 5.75 Å². The van der Waals surface area contributed by atoms with E-state index in [0.29, 0.717) is 17.9 Å². The van der Waals surface area contributed by atoms with Gasteiger partial charge in [0.15, 0.2) is 5.78 Å². The Kier molecular flexibility index (Phi) is 8.76. The van der Waals surface area contributed by atoms with Crippen molar-refractivity contribution in [1.82, 2.24) is 16.2 Å². The van der Waals surface area contributed by atoms with E-state index in [2.05, 4.69) is 10.9 Å². The van der Waals surface area contributed by atoms with Crippen molar-refractivity contribution in [2.45, 2.75) is 30.0 Å². The zero-order chi connectivity index (χ0) is 23.8. The molecule has 4 N–H and O–H groups in total. The van der Waals surface area contributed by atoms with Gasteiger partial charge in [-0.3, -0.25) is 21.0 Å². The number of hydrazine groups is 1. The molecule has 32 heavy (non-hydrogen) atoms. The Labute approximate surface area is 188 Å². The maximum atomic E-state index is 13.7. The maximum Gasteiger partial charge on any atom is 0.406 e. The van der Waals surface area contributed by atoms with Gasteiger partial charge in [-0.1, -0.05) is 44.2 Å². The van der Waals surface area contributed by atoms with Crippen molar-refractivity contribution < 1.29 is 27.9 Å². The van der Waals surface area contributed by atoms with Gasteiger partial charge in [0.25, 0.3) is 0 Å². The van der Waals surface area contributed by atoms with Gasteiger partial charge in [-0.05, 0) is 35.7 Å². The van der Waals surface area contributed by atoms with Gasteiger partial charge in [-0.15, -0.1) is 0 Å². The summed E-state index contributed by atoms with van der Waals surface area (Å²) < 4.78 is 32.6. The summed E-state index contributed by atoms with van der Waals surface area (Å²) >= 11 is 0. The van der Waals surface area contributed by atoms with Crippen LogP contribution < -0.4 is 20.9 Å². The molecule has 174 valence electrons. The summed E-state index contributed by atoms with van der Waals surface area (Å²) in [6, 6.07) is 13.8. The molecule has 0 unspecified atom stereocenters. The van der Waals surface area contributed by atoms with E-state index < -0.39 is 33.1 Å². The minimum atomic E-state index is -4.50. The Morgan fingerprint density at radius 2 is 1.66 bits per heavy atom. The summed E-state index contributed by atoms with van der Waals surface area (Å²) in [5.41, 5.74) is 6.05. The molecule has 2 aromatic rings. The predicted molar refractivity (Wildman–Crippen MR) is 120 cm³/mol. The van der Waals surface area contributed by atoms with Gasteiger partial charge in [-0.25, -0.2) is 13.2 Å². The Morgan fingerprint density at radius 1 is 1.03 bits per heavy atom. The maximum absolute atomic E-state index is 13.7. The molecule has 1 atom stereocenters. The minimum Gasteiger partial charge on any atom is -0.497 e. The Bertz CT molecular complexity index is 1010. The van der Waals surface area contributed by atoms with Crippen molar-refractivity contribution in [2.24, 2.45) is 5.92 Å². The summed E-state index contributed by atoms with van der Waals surface area (Å²) in [5.74, 6) is -0.127. The van der Waals surface area contributed by atoms with Gasteiger partial charge in [0.2, 0.25) is 14.7 Å². The Hall–Kier alpha value is -2.95. The average molecular weight is 464 g/mol. The van der Waals surface area contributed by atoms with E-state index >= 15 is 0 Å². The zero-order valence-electron chi connectivity index (χ0n) is 18.3. The van der Waals surface area contributed by atoms with E-state index in [1.54, 1.807) is 30.3 Å². The van der Waals surface area contributed by atoms with E-state index in [1.165, 1.54) is 31.4 Å². The molecular formula is C22H29N3O6S. The summed E-state index contributed by atoms with van der Waals surface area (Å²) in [6.45, 7) is 4.07. The minimum absolute atomic E-state index is 0.202. The lowest BCUT2D eigenvalue weighted by Crippen LogP contribution is -2.63. The highest BCUT2D eigenvalue weighted by atomic mass is 32.2. The van der Waals surface area contributed by atoms with Crippen molar-refractivity contribution in [3.05, 3.63) is 60.2 Å². The largest absolute Gasteiger partial charge is 0.497 e. The topological polar surface area (TPSA) is 134 Å². The number of methoxy groups -OCH3 is 1. The zero-order valence-corrected chi connectivity index (χ0v) is 19.1. The van der Waals surface area contributed by atoms with Gasteiger partial charge < -0.3 is 9.84 Å². The number of ether oxygens (including phenoxy) is 1. The highest BCUT2D eigenvalue weighted by Gasteiger charge is 2.52. The van der Waals surface area contributed by atoms with Gasteiger partial charge in [0.05, 0.1) is 18.6 Å². The van der Waals surface area contributed by atoms with Crippen LogP contribution in [0.4, 0.5) is 4.79 Å². The average Bonchev–Trinajstić information content (AvgIpc) is 2.76. The number of amides is 1. The summed E-state index contributed by atoms with van der Waals surface area (Å²) in [5, 5.41) is 11.6. The third kappa shape index (κ3) is 6.06. The molecule has 1 amide bonds. The Morgan fingerprint density at radius 3 is 2.19 bits per heavy atom. The van der Waals surface area contributed by atoms with Crippen LogP contribution in [-0.2, 0) is 21.1 Å². The van der Waals surface area contributed by atoms with E-state index in [9.17, 15) is 23.1 Å². The van der Waals surface area contributed by atoms with Crippen LogP contribution in [0, 0.1) is 5.92 Å². The second-order valence-corrected chi connectivity index (χ2v) is 9.83. The molecule has 0 spiro atoms. The molecular weight excluding hydrogens is 434 g/mol.